The topological polar surface area (TPSA) is 138 Å². The predicted molar refractivity (Wildman–Crippen MR) is 135 cm³/mol. The van der Waals surface area contributed by atoms with Crippen LogP contribution in [0.2, 0.25) is 5.02 Å². The van der Waals surface area contributed by atoms with Crippen LogP contribution in [0.25, 0.3) is 0 Å². The molecule has 186 valence electrons. The van der Waals surface area contributed by atoms with Crippen molar-refractivity contribution >= 4 is 46.7 Å². The monoisotopic (exact) mass is 509 g/mol. The maximum Gasteiger partial charge on any atom is 0.337 e. The standard InChI is InChI=1S/C24H24ClN7O4/c1-36-24(35)15-3-5-17(22(33)29-20-7-4-16(25)14-27-20)19(13-15)28-23(34)18-6-8-21(31-30-18)32-11-2-9-26-10-12-32/h3-8,13-14,26H,2,9-12H2,1H3,(H,28,34)(H,27,29,33). The molecule has 12 heteroatoms. The number of hydrogen-bond donors (Lipinski definition) is 3. The minimum Gasteiger partial charge on any atom is -0.465 e. The van der Waals surface area contributed by atoms with E-state index in [2.05, 4.69) is 36.0 Å². The Balaban J connectivity index is 1.55. The first-order chi connectivity index (χ1) is 17.4. The number of carbonyl (C=O) groups is 3. The molecule has 11 nitrogen and oxygen atoms in total. The van der Waals surface area contributed by atoms with Gasteiger partial charge in [-0.15, -0.1) is 10.2 Å². The average Bonchev–Trinajstić information content (AvgIpc) is 3.19. The number of hydrogen-bond acceptors (Lipinski definition) is 9. The van der Waals surface area contributed by atoms with E-state index in [4.69, 9.17) is 16.3 Å². The molecule has 1 fully saturated rings. The molecule has 3 heterocycles. The van der Waals surface area contributed by atoms with Gasteiger partial charge in [0.1, 0.15) is 5.82 Å². The molecule has 2 amide bonds. The normalized spacial score (nSPS) is 13.4. The first-order valence-corrected chi connectivity index (χ1v) is 11.6. The van der Waals surface area contributed by atoms with Gasteiger partial charge >= 0.3 is 5.97 Å². The Morgan fingerprint density at radius 3 is 2.58 bits per heavy atom. The smallest absolute Gasteiger partial charge is 0.337 e. The fraction of sp³-hybridized carbons (Fsp3) is 0.250. The number of anilines is 3. The van der Waals surface area contributed by atoms with Gasteiger partial charge in [-0.3, -0.25) is 9.59 Å². The fourth-order valence-electron chi connectivity index (χ4n) is 3.60. The number of nitrogens with zero attached hydrogens (tertiary/aromatic N) is 4. The van der Waals surface area contributed by atoms with Crippen LogP contribution in [0, 0.1) is 0 Å². The van der Waals surface area contributed by atoms with Crippen molar-refractivity contribution in [2.24, 2.45) is 0 Å². The number of benzene rings is 1. The lowest BCUT2D eigenvalue weighted by Crippen LogP contribution is -2.29. The molecular formula is C24H24ClN7O4. The zero-order chi connectivity index (χ0) is 25.5. The third-order valence-electron chi connectivity index (χ3n) is 5.45. The third-order valence-corrected chi connectivity index (χ3v) is 5.67. The summed E-state index contributed by atoms with van der Waals surface area (Å²) in [6.07, 6.45) is 2.38. The van der Waals surface area contributed by atoms with Gasteiger partial charge in [-0.05, 0) is 55.4 Å². The molecule has 0 saturated carbocycles. The SMILES string of the molecule is COC(=O)c1ccc(C(=O)Nc2ccc(Cl)cn2)c(NC(=O)c2ccc(N3CCCNCC3)nn2)c1. The molecule has 1 aromatic carbocycles. The highest BCUT2D eigenvalue weighted by Crippen LogP contribution is 2.22. The number of carbonyl (C=O) groups excluding carboxylic acids is 3. The number of halogens is 1. The number of ether oxygens (including phenoxy) is 1. The molecule has 4 rings (SSSR count). The molecule has 1 aliphatic rings. The van der Waals surface area contributed by atoms with Gasteiger partial charge in [0.15, 0.2) is 11.5 Å². The van der Waals surface area contributed by atoms with Crippen molar-refractivity contribution in [2.75, 3.05) is 48.8 Å². The molecule has 3 aromatic rings. The van der Waals surface area contributed by atoms with E-state index in [0.717, 1.165) is 32.6 Å². The Hall–Kier alpha value is -4.09. The lowest BCUT2D eigenvalue weighted by molar-refractivity contribution is 0.0600. The number of methoxy groups -OCH3 is 1. The van der Waals surface area contributed by atoms with E-state index in [1.54, 1.807) is 24.3 Å². The summed E-state index contributed by atoms with van der Waals surface area (Å²) in [6.45, 7) is 3.42. The summed E-state index contributed by atoms with van der Waals surface area (Å²) in [4.78, 5) is 44.1. The van der Waals surface area contributed by atoms with Gasteiger partial charge in [-0.1, -0.05) is 11.6 Å². The summed E-state index contributed by atoms with van der Waals surface area (Å²) in [5.41, 5.74) is 0.416. The maximum atomic E-state index is 13.0. The van der Waals surface area contributed by atoms with Crippen molar-refractivity contribution in [3.05, 3.63) is 70.5 Å². The molecule has 36 heavy (non-hydrogen) atoms. The molecule has 0 aliphatic carbocycles. The number of amides is 2. The van der Waals surface area contributed by atoms with E-state index in [0.29, 0.717) is 10.8 Å². The van der Waals surface area contributed by atoms with Gasteiger partial charge < -0.3 is 25.6 Å². The van der Waals surface area contributed by atoms with Crippen LogP contribution in [-0.4, -0.2) is 66.3 Å². The van der Waals surface area contributed by atoms with Crippen molar-refractivity contribution in [1.29, 1.82) is 0 Å². The maximum absolute atomic E-state index is 13.0. The van der Waals surface area contributed by atoms with Crippen LogP contribution in [0.1, 0.15) is 37.6 Å². The lowest BCUT2D eigenvalue weighted by atomic mass is 10.1. The summed E-state index contributed by atoms with van der Waals surface area (Å²) in [7, 11) is 1.24. The molecule has 2 aromatic heterocycles. The van der Waals surface area contributed by atoms with Gasteiger partial charge in [-0.25, -0.2) is 9.78 Å². The second kappa shape index (κ2) is 11.6. The summed E-state index contributed by atoms with van der Waals surface area (Å²) >= 11 is 5.84. The summed E-state index contributed by atoms with van der Waals surface area (Å²) in [5.74, 6) is -0.810. The Bertz CT molecular complexity index is 1240. The van der Waals surface area contributed by atoms with Crippen molar-refractivity contribution < 1.29 is 19.1 Å². The van der Waals surface area contributed by atoms with Gasteiger partial charge in [0.2, 0.25) is 0 Å². The Morgan fingerprint density at radius 2 is 1.86 bits per heavy atom. The van der Waals surface area contributed by atoms with Crippen LogP contribution in [0.15, 0.2) is 48.7 Å². The summed E-state index contributed by atoms with van der Waals surface area (Å²) in [5, 5.41) is 17.3. The lowest BCUT2D eigenvalue weighted by Gasteiger charge is -2.20. The largest absolute Gasteiger partial charge is 0.465 e. The quantitative estimate of drug-likeness (QED) is 0.428. The summed E-state index contributed by atoms with van der Waals surface area (Å²) < 4.78 is 4.76. The number of nitrogens with one attached hydrogen (secondary N) is 3. The van der Waals surface area contributed by atoms with Gasteiger partial charge in [0, 0.05) is 25.8 Å². The molecule has 0 radical (unpaired) electrons. The Kier molecular flexibility index (Phi) is 8.03. The number of pyridine rings is 1. The van der Waals surface area contributed by atoms with Crippen LogP contribution in [0.3, 0.4) is 0 Å². The van der Waals surface area contributed by atoms with E-state index in [9.17, 15) is 14.4 Å². The van der Waals surface area contributed by atoms with Crippen LogP contribution in [-0.2, 0) is 4.74 Å². The number of rotatable bonds is 6. The molecular weight excluding hydrogens is 486 g/mol. The Labute approximate surface area is 212 Å². The van der Waals surface area contributed by atoms with Crippen molar-refractivity contribution in [2.45, 2.75) is 6.42 Å². The Morgan fingerprint density at radius 1 is 1.00 bits per heavy atom. The van der Waals surface area contributed by atoms with Crippen molar-refractivity contribution in [1.82, 2.24) is 20.5 Å². The first-order valence-electron chi connectivity index (χ1n) is 11.2. The van der Waals surface area contributed by atoms with E-state index in [1.165, 1.54) is 31.5 Å². The van der Waals surface area contributed by atoms with E-state index in [-0.39, 0.29) is 28.3 Å². The zero-order valence-corrected chi connectivity index (χ0v) is 20.2. The molecule has 0 bridgehead atoms. The minimum absolute atomic E-state index is 0.0564. The second-order valence-corrected chi connectivity index (χ2v) is 8.33. The van der Waals surface area contributed by atoms with Crippen LogP contribution in [0.4, 0.5) is 17.3 Å². The van der Waals surface area contributed by atoms with Crippen LogP contribution in [0.5, 0.6) is 0 Å². The molecule has 0 unspecified atom stereocenters. The third kappa shape index (κ3) is 6.12. The first kappa shape index (κ1) is 25.0. The average molecular weight is 510 g/mol. The summed E-state index contributed by atoms with van der Waals surface area (Å²) in [6, 6.07) is 10.6. The highest BCUT2D eigenvalue weighted by atomic mass is 35.5. The number of aromatic nitrogens is 3. The fourth-order valence-corrected chi connectivity index (χ4v) is 3.71. The molecule has 0 spiro atoms. The molecule has 1 saturated heterocycles. The van der Waals surface area contributed by atoms with E-state index in [1.807, 2.05) is 0 Å². The second-order valence-electron chi connectivity index (χ2n) is 7.89. The van der Waals surface area contributed by atoms with Crippen LogP contribution >= 0.6 is 11.6 Å². The van der Waals surface area contributed by atoms with Gasteiger partial charge in [-0.2, -0.15) is 0 Å². The molecule has 3 N–H and O–H groups in total. The number of esters is 1. The van der Waals surface area contributed by atoms with Crippen molar-refractivity contribution in [3.63, 3.8) is 0 Å². The van der Waals surface area contributed by atoms with Crippen LogP contribution < -0.4 is 20.9 Å². The molecule has 0 atom stereocenters. The van der Waals surface area contributed by atoms with Gasteiger partial charge in [0.05, 0.1) is 28.9 Å². The van der Waals surface area contributed by atoms with Crippen molar-refractivity contribution in [3.8, 4) is 0 Å². The predicted octanol–water partition coefficient (Wildman–Crippen LogP) is 2.62. The zero-order valence-electron chi connectivity index (χ0n) is 19.5. The van der Waals surface area contributed by atoms with E-state index < -0.39 is 17.8 Å². The minimum atomic E-state index is -0.618. The van der Waals surface area contributed by atoms with E-state index >= 15 is 0 Å². The highest BCUT2D eigenvalue weighted by Gasteiger charge is 2.20. The van der Waals surface area contributed by atoms with Gasteiger partial charge in [0.25, 0.3) is 11.8 Å². The molecule has 1 aliphatic heterocycles. The highest BCUT2D eigenvalue weighted by molar-refractivity contribution is 6.30.